The summed E-state index contributed by atoms with van der Waals surface area (Å²) in [6, 6.07) is 8.80. The zero-order valence-electron chi connectivity index (χ0n) is 12.9. The number of carbonyl (C=O) groups is 1. The first-order chi connectivity index (χ1) is 11.7. The van der Waals surface area contributed by atoms with Gasteiger partial charge in [-0.3, -0.25) is 9.78 Å². The van der Waals surface area contributed by atoms with E-state index in [1.165, 1.54) is 0 Å². The molecule has 3 aromatic heterocycles. The van der Waals surface area contributed by atoms with Crippen molar-refractivity contribution in [2.24, 2.45) is 5.92 Å². The Bertz CT molecular complexity index is 825. The summed E-state index contributed by atoms with van der Waals surface area (Å²) in [6.07, 6.45) is 6.14. The molecule has 0 saturated heterocycles. The lowest BCUT2D eigenvalue weighted by molar-refractivity contribution is 0.0227. The van der Waals surface area contributed by atoms with Crippen LogP contribution in [0.15, 0.2) is 48.9 Å². The van der Waals surface area contributed by atoms with Gasteiger partial charge in [0.25, 0.3) is 5.91 Å². The number of amides is 1. The van der Waals surface area contributed by atoms with Gasteiger partial charge < -0.3 is 10.4 Å². The smallest absolute Gasteiger partial charge is 0.272 e. The summed E-state index contributed by atoms with van der Waals surface area (Å²) in [4.78, 5) is 21.2. The Morgan fingerprint density at radius 1 is 1.25 bits per heavy atom. The van der Waals surface area contributed by atoms with Crippen LogP contribution in [0.2, 0.25) is 0 Å². The molecular formula is C17H17N5O2. The molecule has 1 aliphatic carbocycles. The van der Waals surface area contributed by atoms with E-state index < -0.39 is 0 Å². The van der Waals surface area contributed by atoms with Crippen molar-refractivity contribution in [3.8, 4) is 0 Å². The third-order valence-electron chi connectivity index (χ3n) is 4.38. The second kappa shape index (κ2) is 6.01. The van der Waals surface area contributed by atoms with Gasteiger partial charge in [0.05, 0.1) is 17.8 Å². The van der Waals surface area contributed by atoms with E-state index in [1.807, 2.05) is 18.2 Å². The highest BCUT2D eigenvalue weighted by molar-refractivity contribution is 5.93. The van der Waals surface area contributed by atoms with Gasteiger partial charge in [-0.25, -0.2) is 9.50 Å². The van der Waals surface area contributed by atoms with Crippen LogP contribution in [0, 0.1) is 5.92 Å². The van der Waals surface area contributed by atoms with Gasteiger partial charge >= 0.3 is 0 Å². The molecule has 1 atom stereocenters. The van der Waals surface area contributed by atoms with E-state index in [0.717, 1.165) is 5.69 Å². The molecule has 0 unspecified atom stereocenters. The molecule has 3 aromatic rings. The minimum Gasteiger partial charge on any atom is -0.393 e. The molecular weight excluding hydrogens is 306 g/mol. The Hall–Kier alpha value is -2.80. The number of fused-ring (bicyclic) bond motifs is 1. The number of carbonyl (C=O) groups excluding carboxylic acids is 1. The van der Waals surface area contributed by atoms with Crippen LogP contribution < -0.4 is 5.32 Å². The highest BCUT2D eigenvalue weighted by Crippen LogP contribution is 2.37. The number of hydrogen-bond acceptors (Lipinski definition) is 5. The lowest BCUT2D eigenvalue weighted by Crippen LogP contribution is -2.41. The third-order valence-corrected chi connectivity index (χ3v) is 4.38. The van der Waals surface area contributed by atoms with Crippen molar-refractivity contribution in [2.45, 2.75) is 25.0 Å². The predicted molar refractivity (Wildman–Crippen MR) is 86.2 cm³/mol. The number of aliphatic hydroxyl groups is 1. The monoisotopic (exact) mass is 323 g/mol. The number of nitrogens with zero attached hydrogens (tertiary/aromatic N) is 4. The van der Waals surface area contributed by atoms with Gasteiger partial charge in [-0.15, -0.1) is 0 Å². The summed E-state index contributed by atoms with van der Waals surface area (Å²) in [5, 5.41) is 16.9. The van der Waals surface area contributed by atoms with Crippen molar-refractivity contribution < 1.29 is 9.90 Å². The maximum Gasteiger partial charge on any atom is 0.272 e. The molecule has 122 valence electrons. The van der Waals surface area contributed by atoms with Crippen molar-refractivity contribution in [3.63, 3.8) is 0 Å². The minimum absolute atomic E-state index is 0.175. The Kier molecular flexibility index (Phi) is 3.70. The first-order valence-electron chi connectivity index (χ1n) is 7.91. The quantitative estimate of drug-likeness (QED) is 0.756. The SMILES string of the molecule is O=C(N[C@H](c1ccccn1)C1CC(O)C1)c1cc2ncccn2n1. The Morgan fingerprint density at radius 3 is 2.79 bits per heavy atom. The number of pyridine rings is 1. The lowest BCUT2D eigenvalue weighted by Gasteiger charge is -2.37. The highest BCUT2D eigenvalue weighted by Gasteiger charge is 2.36. The fraction of sp³-hybridized carbons (Fsp3) is 0.294. The molecule has 1 amide bonds. The molecule has 1 aliphatic rings. The van der Waals surface area contributed by atoms with E-state index in [4.69, 9.17) is 0 Å². The van der Waals surface area contributed by atoms with Crippen LogP contribution in [0.4, 0.5) is 0 Å². The zero-order valence-corrected chi connectivity index (χ0v) is 12.9. The van der Waals surface area contributed by atoms with Crippen LogP contribution in [0.1, 0.15) is 35.1 Å². The van der Waals surface area contributed by atoms with Crippen molar-refractivity contribution in [1.29, 1.82) is 0 Å². The Balaban J connectivity index is 1.58. The zero-order chi connectivity index (χ0) is 16.5. The molecule has 7 nitrogen and oxygen atoms in total. The number of aromatic nitrogens is 4. The average Bonchev–Trinajstić information content (AvgIpc) is 3.02. The van der Waals surface area contributed by atoms with E-state index in [1.54, 1.807) is 35.2 Å². The van der Waals surface area contributed by atoms with Crippen LogP contribution in [-0.2, 0) is 0 Å². The van der Waals surface area contributed by atoms with Crippen molar-refractivity contribution in [2.75, 3.05) is 0 Å². The fourth-order valence-corrected chi connectivity index (χ4v) is 3.05. The van der Waals surface area contributed by atoms with Gasteiger partial charge in [0.1, 0.15) is 0 Å². The maximum absolute atomic E-state index is 12.6. The van der Waals surface area contributed by atoms with Crippen LogP contribution in [-0.4, -0.2) is 36.7 Å². The summed E-state index contributed by atoms with van der Waals surface area (Å²) in [5.41, 5.74) is 1.73. The van der Waals surface area contributed by atoms with Gasteiger partial charge in [0.2, 0.25) is 0 Å². The predicted octanol–water partition coefficient (Wildman–Crippen LogP) is 1.37. The summed E-state index contributed by atoms with van der Waals surface area (Å²) in [7, 11) is 0. The van der Waals surface area contributed by atoms with Crippen molar-refractivity contribution in [3.05, 3.63) is 60.3 Å². The van der Waals surface area contributed by atoms with Gasteiger partial charge in [-0.05, 0) is 37.0 Å². The van der Waals surface area contributed by atoms with E-state index in [-0.39, 0.29) is 24.0 Å². The minimum atomic E-state index is -0.294. The standard InChI is InChI=1S/C17H17N5O2/c23-12-8-11(9-12)16(13-4-1-2-5-18-13)20-17(24)14-10-15-19-6-3-7-22(15)21-14/h1-7,10-12,16,23H,8-9H2,(H,20,24)/t11?,12?,16-/m0/s1. The third kappa shape index (κ3) is 2.74. The molecule has 1 fully saturated rings. The summed E-state index contributed by atoms with van der Waals surface area (Å²) in [6.45, 7) is 0. The first kappa shape index (κ1) is 14.8. The van der Waals surface area contributed by atoms with Crippen molar-refractivity contribution >= 4 is 11.6 Å². The molecule has 7 heteroatoms. The van der Waals surface area contributed by atoms with Crippen LogP contribution in [0.3, 0.4) is 0 Å². The lowest BCUT2D eigenvalue weighted by atomic mass is 9.76. The van der Waals surface area contributed by atoms with E-state index in [0.29, 0.717) is 24.2 Å². The fourth-order valence-electron chi connectivity index (χ4n) is 3.05. The van der Waals surface area contributed by atoms with E-state index >= 15 is 0 Å². The highest BCUT2D eigenvalue weighted by atomic mass is 16.3. The van der Waals surface area contributed by atoms with Crippen LogP contribution in [0.5, 0.6) is 0 Å². The van der Waals surface area contributed by atoms with Gasteiger partial charge in [-0.1, -0.05) is 6.07 Å². The van der Waals surface area contributed by atoms with Gasteiger partial charge in [0, 0.05) is 24.7 Å². The summed E-state index contributed by atoms with van der Waals surface area (Å²) >= 11 is 0. The normalized spacial score (nSPS) is 21.2. The second-order valence-electron chi connectivity index (χ2n) is 6.04. The second-order valence-corrected chi connectivity index (χ2v) is 6.04. The van der Waals surface area contributed by atoms with Gasteiger partial charge in [-0.2, -0.15) is 5.10 Å². The number of rotatable bonds is 4. The van der Waals surface area contributed by atoms with Crippen molar-refractivity contribution in [1.82, 2.24) is 24.9 Å². The summed E-state index contributed by atoms with van der Waals surface area (Å²) in [5.74, 6) is -0.0912. The molecule has 0 aromatic carbocycles. The first-order valence-corrected chi connectivity index (χ1v) is 7.91. The Labute approximate surface area is 138 Å². The van der Waals surface area contributed by atoms with E-state index in [2.05, 4.69) is 20.4 Å². The van der Waals surface area contributed by atoms with Crippen LogP contribution >= 0.6 is 0 Å². The molecule has 0 aliphatic heterocycles. The topological polar surface area (TPSA) is 92.4 Å². The summed E-state index contributed by atoms with van der Waals surface area (Å²) < 4.78 is 1.57. The molecule has 1 saturated carbocycles. The van der Waals surface area contributed by atoms with Gasteiger partial charge in [0.15, 0.2) is 11.3 Å². The molecule has 0 spiro atoms. The molecule has 0 radical (unpaired) electrons. The largest absolute Gasteiger partial charge is 0.393 e. The molecule has 4 rings (SSSR count). The van der Waals surface area contributed by atoms with Crippen LogP contribution in [0.25, 0.3) is 5.65 Å². The molecule has 3 heterocycles. The average molecular weight is 323 g/mol. The number of hydrogen-bond donors (Lipinski definition) is 2. The van der Waals surface area contributed by atoms with E-state index in [9.17, 15) is 9.90 Å². The Morgan fingerprint density at radius 2 is 2.08 bits per heavy atom. The molecule has 2 N–H and O–H groups in total. The number of nitrogens with one attached hydrogen (secondary N) is 1. The number of aliphatic hydroxyl groups excluding tert-OH is 1. The molecule has 24 heavy (non-hydrogen) atoms. The molecule has 0 bridgehead atoms. The maximum atomic E-state index is 12.6.